The summed E-state index contributed by atoms with van der Waals surface area (Å²) >= 11 is 12.1. The van der Waals surface area contributed by atoms with E-state index in [1.54, 1.807) is 54.3 Å². The average Bonchev–Trinajstić information content (AvgIpc) is 3.27. The molecule has 0 aliphatic heterocycles. The van der Waals surface area contributed by atoms with Crippen LogP contribution in [0.25, 0.3) is 0 Å². The van der Waals surface area contributed by atoms with E-state index in [1.165, 1.54) is 4.90 Å². The Balaban J connectivity index is 1.63. The molecule has 0 N–H and O–H groups in total. The van der Waals surface area contributed by atoms with Crippen molar-refractivity contribution in [3.05, 3.63) is 69.9 Å². The largest absolute Gasteiger partial charge is 0.486 e. The number of furan rings is 1. The summed E-state index contributed by atoms with van der Waals surface area (Å²) in [6.45, 7) is 3.18. The van der Waals surface area contributed by atoms with Gasteiger partial charge in [-0.05, 0) is 37.3 Å². The zero-order valence-corrected chi connectivity index (χ0v) is 16.5. The van der Waals surface area contributed by atoms with Crippen molar-refractivity contribution in [1.29, 1.82) is 0 Å². The van der Waals surface area contributed by atoms with Gasteiger partial charge in [0.25, 0.3) is 5.91 Å². The Bertz CT molecular complexity index is 936. The number of halogens is 2. The summed E-state index contributed by atoms with van der Waals surface area (Å²) in [5, 5.41) is 5.31. The topological polar surface area (TPSA) is 60.5 Å². The molecular formula is C19H19Cl2N3O3. The van der Waals surface area contributed by atoms with Crippen LogP contribution >= 0.6 is 23.2 Å². The van der Waals surface area contributed by atoms with E-state index in [0.717, 1.165) is 5.69 Å². The van der Waals surface area contributed by atoms with Crippen LogP contribution in [0.2, 0.25) is 10.0 Å². The Kier molecular flexibility index (Phi) is 6.08. The summed E-state index contributed by atoms with van der Waals surface area (Å²) in [6.07, 6.45) is 1.58. The Hall–Kier alpha value is -2.44. The first-order chi connectivity index (χ1) is 13.0. The van der Waals surface area contributed by atoms with Crippen LogP contribution in [-0.4, -0.2) is 27.6 Å². The molecule has 142 valence electrons. The molecule has 2 heterocycles. The van der Waals surface area contributed by atoms with Gasteiger partial charge >= 0.3 is 0 Å². The number of carbonyl (C=O) groups is 1. The van der Waals surface area contributed by atoms with Crippen LogP contribution in [0, 0.1) is 0 Å². The summed E-state index contributed by atoms with van der Waals surface area (Å²) in [5.41, 5.74) is 0.783. The maximum absolute atomic E-state index is 12.6. The third kappa shape index (κ3) is 4.64. The van der Waals surface area contributed by atoms with Crippen molar-refractivity contribution in [3.63, 3.8) is 0 Å². The van der Waals surface area contributed by atoms with E-state index in [0.29, 0.717) is 34.6 Å². The fraction of sp³-hybridized carbons (Fsp3) is 0.263. The van der Waals surface area contributed by atoms with Gasteiger partial charge in [-0.1, -0.05) is 29.3 Å². The Morgan fingerprint density at radius 2 is 2.11 bits per heavy atom. The fourth-order valence-corrected chi connectivity index (χ4v) is 2.97. The first-order valence-corrected chi connectivity index (χ1v) is 9.16. The van der Waals surface area contributed by atoms with Crippen LogP contribution in [0.15, 0.2) is 47.0 Å². The molecule has 0 aliphatic rings. The van der Waals surface area contributed by atoms with Gasteiger partial charge in [0.15, 0.2) is 5.76 Å². The minimum absolute atomic E-state index is 0.200. The van der Waals surface area contributed by atoms with Gasteiger partial charge in [0.1, 0.15) is 18.1 Å². The fourth-order valence-electron chi connectivity index (χ4n) is 2.58. The van der Waals surface area contributed by atoms with Gasteiger partial charge in [0.2, 0.25) is 0 Å². The van der Waals surface area contributed by atoms with Crippen LogP contribution in [0.3, 0.4) is 0 Å². The Labute approximate surface area is 167 Å². The molecule has 0 saturated carbocycles. The molecule has 0 spiro atoms. The lowest BCUT2D eigenvalue weighted by atomic mass is 10.3. The number of hydrogen-bond donors (Lipinski definition) is 0. The summed E-state index contributed by atoms with van der Waals surface area (Å²) < 4.78 is 13.0. The number of ether oxygens (including phenoxy) is 1. The highest BCUT2D eigenvalue weighted by Crippen LogP contribution is 2.21. The standard InChI is InChI=1S/C19H19Cl2N3O3/c1-3-24-17(16(21)10-22-24)11-23(2)19(25)18-8-7-15(27-18)12-26-14-6-4-5-13(20)9-14/h4-10H,3,11-12H2,1-2H3. The van der Waals surface area contributed by atoms with Crippen molar-refractivity contribution in [2.24, 2.45) is 0 Å². The highest BCUT2D eigenvalue weighted by atomic mass is 35.5. The first-order valence-electron chi connectivity index (χ1n) is 8.40. The zero-order valence-electron chi connectivity index (χ0n) is 15.0. The molecule has 3 aromatic rings. The van der Waals surface area contributed by atoms with Crippen LogP contribution in [0.4, 0.5) is 0 Å². The minimum Gasteiger partial charge on any atom is -0.486 e. The van der Waals surface area contributed by atoms with E-state index in [9.17, 15) is 4.79 Å². The van der Waals surface area contributed by atoms with Crippen LogP contribution < -0.4 is 4.74 Å². The number of hydrogen-bond acceptors (Lipinski definition) is 4. The monoisotopic (exact) mass is 407 g/mol. The van der Waals surface area contributed by atoms with Crippen molar-refractivity contribution in [2.75, 3.05) is 7.05 Å². The predicted molar refractivity (Wildman–Crippen MR) is 103 cm³/mol. The zero-order chi connectivity index (χ0) is 19.4. The molecule has 0 atom stereocenters. The number of benzene rings is 1. The number of nitrogens with zero attached hydrogens (tertiary/aromatic N) is 3. The highest BCUT2D eigenvalue weighted by Gasteiger charge is 2.19. The number of amides is 1. The van der Waals surface area contributed by atoms with Crippen LogP contribution in [0.5, 0.6) is 5.75 Å². The van der Waals surface area contributed by atoms with Crippen LogP contribution in [-0.2, 0) is 19.7 Å². The molecule has 0 bridgehead atoms. The third-order valence-corrected chi connectivity index (χ3v) is 4.53. The second-order valence-electron chi connectivity index (χ2n) is 5.93. The highest BCUT2D eigenvalue weighted by molar-refractivity contribution is 6.31. The van der Waals surface area contributed by atoms with E-state index < -0.39 is 0 Å². The van der Waals surface area contributed by atoms with Crippen molar-refractivity contribution < 1.29 is 13.9 Å². The van der Waals surface area contributed by atoms with E-state index >= 15 is 0 Å². The maximum Gasteiger partial charge on any atom is 0.289 e. The quantitative estimate of drug-likeness (QED) is 0.571. The Morgan fingerprint density at radius 1 is 1.30 bits per heavy atom. The van der Waals surface area contributed by atoms with E-state index in [-0.39, 0.29) is 18.3 Å². The molecular weight excluding hydrogens is 389 g/mol. The van der Waals surface area contributed by atoms with Crippen molar-refractivity contribution in [1.82, 2.24) is 14.7 Å². The maximum atomic E-state index is 12.6. The lowest BCUT2D eigenvalue weighted by Gasteiger charge is -2.16. The second kappa shape index (κ2) is 8.50. The first kappa shape index (κ1) is 19.3. The van der Waals surface area contributed by atoms with Gasteiger partial charge in [0, 0.05) is 18.6 Å². The molecule has 1 aromatic carbocycles. The predicted octanol–water partition coefficient (Wildman–Crippen LogP) is 4.65. The third-order valence-electron chi connectivity index (χ3n) is 3.98. The van der Waals surface area contributed by atoms with Gasteiger partial charge in [-0.3, -0.25) is 9.48 Å². The van der Waals surface area contributed by atoms with Crippen molar-refractivity contribution >= 4 is 29.1 Å². The molecule has 3 rings (SSSR count). The lowest BCUT2D eigenvalue weighted by Crippen LogP contribution is -2.27. The van der Waals surface area contributed by atoms with E-state index in [1.807, 2.05) is 6.92 Å². The number of carbonyl (C=O) groups excluding carboxylic acids is 1. The summed E-state index contributed by atoms with van der Waals surface area (Å²) in [6, 6.07) is 10.4. The van der Waals surface area contributed by atoms with Gasteiger partial charge in [-0.25, -0.2) is 0 Å². The molecule has 0 unspecified atom stereocenters. The molecule has 2 aromatic heterocycles. The minimum atomic E-state index is -0.246. The SMILES string of the molecule is CCn1ncc(Cl)c1CN(C)C(=O)c1ccc(COc2cccc(Cl)c2)o1. The number of aryl methyl sites for hydroxylation is 1. The molecule has 27 heavy (non-hydrogen) atoms. The lowest BCUT2D eigenvalue weighted by molar-refractivity contribution is 0.0745. The molecule has 6 nitrogen and oxygen atoms in total. The average molecular weight is 408 g/mol. The normalized spacial score (nSPS) is 10.8. The van der Waals surface area contributed by atoms with Crippen molar-refractivity contribution in [3.8, 4) is 5.75 Å². The molecule has 0 aliphatic carbocycles. The molecule has 0 fully saturated rings. The van der Waals surface area contributed by atoms with Gasteiger partial charge in [-0.15, -0.1) is 0 Å². The summed E-state index contributed by atoms with van der Waals surface area (Å²) in [7, 11) is 1.69. The van der Waals surface area contributed by atoms with Crippen molar-refractivity contribution in [2.45, 2.75) is 26.6 Å². The molecule has 8 heteroatoms. The molecule has 0 saturated heterocycles. The van der Waals surface area contributed by atoms with Gasteiger partial charge < -0.3 is 14.1 Å². The smallest absolute Gasteiger partial charge is 0.289 e. The van der Waals surface area contributed by atoms with Gasteiger partial charge in [-0.2, -0.15) is 5.10 Å². The molecule has 1 amide bonds. The molecule has 0 radical (unpaired) electrons. The van der Waals surface area contributed by atoms with Crippen LogP contribution in [0.1, 0.15) is 28.9 Å². The number of rotatable bonds is 7. The summed E-state index contributed by atoms with van der Waals surface area (Å²) in [5.74, 6) is 1.17. The second-order valence-corrected chi connectivity index (χ2v) is 6.77. The number of aromatic nitrogens is 2. The summed E-state index contributed by atoms with van der Waals surface area (Å²) in [4.78, 5) is 14.2. The van der Waals surface area contributed by atoms with E-state index in [4.69, 9.17) is 32.4 Å². The van der Waals surface area contributed by atoms with E-state index in [2.05, 4.69) is 5.10 Å². The van der Waals surface area contributed by atoms with Gasteiger partial charge in [0.05, 0.1) is 23.5 Å². The Morgan fingerprint density at radius 3 is 2.85 bits per heavy atom.